The lowest BCUT2D eigenvalue weighted by molar-refractivity contribution is 0.0921. The van der Waals surface area contributed by atoms with E-state index in [-0.39, 0.29) is 11.7 Å². The highest BCUT2D eigenvalue weighted by molar-refractivity contribution is 9.10. The van der Waals surface area contributed by atoms with Gasteiger partial charge in [0, 0.05) is 16.0 Å². The third-order valence-corrected chi connectivity index (χ3v) is 3.72. The number of halogens is 1. The van der Waals surface area contributed by atoms with Crippen molar-refractivity contribution in [1.29, 1.82) is 0 Å². The third kappa shape index (κ3) is 2.69. The van der Waals surface area contributed by atoms with E-state index in [2.05, 4.69) is 22.9 Å². The zero-order chi connectivity index (χ0) is 13.1. The van der Waals surface area contributed by atoms with Crippen molar-refractivity contribution in [3.05, 3.63) is 22.2 Å². The number of carbonyl (C=O) groups excluding carboxylic acids is 1. The van der Waals surface area contributed by atoms with Crippen LogP contribution in [0.4, 0.5) is 0 Å². The summed E-state index contributed by atoms with van der Waals surface area (Å²) in [5, 5.41) is 0. The number of hydrogen-bond donors (Lipinski definition) is 0. The Hall–Kier alpha value is -1.03. The van der Waals surface area contributed by atoms with Crippen molar-refractivity contribution in [3.8, 4) is 11.5 Å². The number of fused-ring (bicyclic) bond motifs is 1. The molecule has 0 amide bonds. The van der Waals surface area contributed by atoms with Gasteiger partial charge >= 0.3 is 0 Å². The summed E-state index contributed by atoms with van der Waals surface area (Å²) in [6.45, 7) is 5.14. The summed E-state index contributed by atoms with van der Waals surface area (Å²) in [5.41, 5.74) is 0.681. The van der Waals surface area contributed by atoms with Gasteiger partial charge in [0.05, 0.1) is 0 Å². The van der Waals surface area contributed by atoms with Crippen LogP contribution in [0.2, 0.25) is 0 Å². The van der Waals surface area contributed by atoms with Crippen LogP contribution in [0, 0.1) is 5.92 Å². The van der Waals surface area contributed by atoms with Crippen LogP contribution >= 0.6 is 15.9 Å². The SMILES string of the molecule is CCCC(C)C(=O)c1cc2c(cc1Br)OCCO2. The molecule has 1 unspecified atom stereocenters. The summed E-state index contributed by atoms with van der Waals surface area (Å²) in [6, 6.07) is 3.60. The number of rotatable bonds is 4. The van der Waals surface area contributed by atoms with Gasteiger partial charge in [-0.1, -0.05) is 20.3 Å². The number of ketones is 1. The fourth-order valence-corrected chi connectivity index (χ4v) is 2.60. The average molecular weight is 313 g/mol. The third-order valence-electron chi connectivity index (χ3n) is 3.07. The molecule has 1 aromatic carbocycles. The van der Waals surface area contributed by atoms with Gasteiger partial charge in [0.2, 0.25) is 0 Å². The van der Waals surface area contributed by atoms with Gasteiger partial charge in [-0.15, -0.1) is 0 Å². The lowest BCUT2D eigenvalue weighted by atomic mass is 9.95. The van der Waals surface area contributed by atoms with Crippen molar-refractivity contribution in [2.45, 2.75) is 26.7 Å². The quantitative estimate of drug-likeness (QED) is 0.792. The van der Waals surface area contributed by atoms with Gasteiger partial charge in [-0.25, -0.2) is 0 Å². The number of hydrogen-bond acceptors (Lipinski definition) is 3. The van der Waals surface area contributed by atoms with Crippen molar-refractivity contribution in [2.24, 2.45) is 5.92 Å². The van der Waals surface area contributed by atoms with Crippen molar-refractivity contribution in [2.75, 3.05) is 13.2 Å². The molecule has 1 atom stereocenters. The van der Waals surface area contributed by atoms with Crippen LogP contribution in [0.5, 0.6) is 11.5 Å². The first-order valence-electron chi connectivity index (χ1n) is 6.26. The summed E-state index contributed by atoms with van der Waals surface area (Å²) in [7, 11) is 0. The maximum atomic E-state index is 12.3. The molecule has 4 heteroatoms. The molecule has 2 rings (SSSR count). The molecule has 1 heterocycles. The molecule has 1 aliphatic rings. The Morgan fingerprint density at radius 2 is 1.94 bits per heavy atom. The van der Waals surface area contributed by atoms with Gasteiger partial charge in [-0.05, 0) is 34.5 Å². The molecule has 0 radical (unpaired) electrons. The summed E-state index contributed by atoms with van der Waals surface area (Å²) >= 11 is 3.44. The van der Waals surface area contributed by atoms with Gasteiger partial charge in [0.1, 0.15) is 13.2 Å². The van der Waals surface area contributed by atoms with Gasteiger partial charge in [0.25, 0.3) is 0 Å². The fourth-order valence-electron chi connectivity index (χ4n) is 2.08. The normalized spacial score (nSPS) is 15.3. The summed E-state index contributed by atoms with van der Waals surface area (Å²) in [5.74, 6) is 1.55. The average Bonchev–Trinajstić information content (AvgIpc) is 2.37. The maximum Gasteiger partial charge on any atom is 0.166 e. The maximum absolute atomic E-state index is 12.3. The second-order valence-electron chi connectivity index (χ2n) is 4.53. The minimum absolute atomic E-state index is 0.0360. The lowest BCUT2D eigenvalue weighted by Gasteiger charge is -2.20. The molecule has 98 valence electrons. The Balaban J connectivity index is 2.30. The van der Waals surface area contributed by atoms with Crippen LogP contribution in [-0.4, -0.2) is 19.0 Å². The van der Waals surface area contributed by atoms with Crippen LogP contribution in [0.15, 0.2) is 16.6 Å². The summed E-state index contributed by atoms with van der Waals surface area (Å²) in [6.07, 6.45) is 1.91. The summed E-state index contributed by atoms with van der Waals surface area (Å²) in [4.78, 5) is 12.3. The Morgan fingerprint density at radius 1 is 1.33 bits per heavy atom. The first-order valence-corrected chi connectivity index (χ1v) is 7.06. The van der Waals surface area contributed by atoms with E-state index in [4.69, 9.17) is 9.47 Å². The van der Waals surface area contributed by atoms with E-state index in [1.54, 1.807) is 6.07 Å². The van der Waals surface area contributed by atoms with Crippen molar-refractivity contribution < 1.29 is 14.3 Å². The van der Waals surface area contributed by atoms with Crippen LogP contribution in [0.25, 0.3) is 0 Å². The molecule has 0 saturated carbocycles. The molecule has 0 N–H and O–H groups in total. The Labute approximate surface area is 116 Å². The van der Waals surface area contributed by atoms with Gasteiger partial charge < -0.3 is 9.47 Å². The van der Waals surface area contributed by atoms with E-state index in [1.807, 2.05) is 13.0 Å². The van der Waals surface area contributed by atoms with E-state index in [0.29, 0.717) is 30.3 Å². The zero-order valence-corrected chi connectivity index (χ0v) is 12.2. The molecule has 0 fully saturated rings. The molecule has 0 saturated heterocycles. The van der Waals surface area contributed by atoms with Gasteiger partial charge in [0.15, 0.2) is 17.3 Å². The van der Waals surface area contributed by atoms with Gasteiger partial charge in [-0.3, -0.25) is 4.79 Å². The van der Waals surface area contributed by atoms with Crippen LogP contribution < -0.4 is 9.47 Å². The molecule has 18 heavy (non-hydrogen) atoms. The standard InChI is InChI=1S/C14H17BrO3/c1-3-4-9(2)14(16)10-7-12-13(8-11(10)15)18-6-5-17-12/h7-9H,3-6H2,1-2H3. The largest absolute Gasteiger partial charge is 0.486 e. The predicted molar refractivity (Wildman–Crippen MR) is 73.5 cm³/mol. The molecule has 0 aliphatic carbocycles. The zero-order valence-electron chi connectivity index (χ0n) is 10.7. The van der Waals surface area contributed by atoms with E-state index in [9.17, 15) is 4.79 Å². The molecular formula is C14H17BrO3. The second kappa shape index (κ2) is 5.74. The lowest BCUT2D eigenvalue weighted by Crippen LogP contribution is -2.17. The van der Waals surface area contributed by atoms with E-state index in [0.717, 1.165) is 17.3 Å². The molecule has 1 aromatic rings. The second-order valence-corrected chi connectivity index (χ2v) is 5.38. The molecule has 3 nitrogen and oxygen atoms in total. The Kier molecular flexibility index (Phi) is 4.27. The van der Waals surface area contributed by atoms with E-state index >= 15 is 0 Å². The first-order chi connectivity index (χ1) is 8.63. The van der Waals surface area contributed by atoms with E-state index in [1.165, 1.54) is 0 Å². The molecule has 0 spiro atoms. The Morgan fingerprint density at radius 3 is 2.56 bits per heavy atom. The van der Waals surface area contributed by atoms with Crippen molar-refractivity contribution >= 4 is 21.7 Å². The van der Waals surface area contributed by atoms with E-state index < -0.39 is 0 Å². The molecule has 0 aromatic heterocycles. The molecule has 1 aliphatic heterocycles. The summed E-state index contributed by atoms with van der Waals surface area (Å²) < 4.78 is 11.8. The number of ether oxygens (including phenoxy) is 2. The van der Waals surface area contributed by atoms with Crippen molar-refractivity contribution in [3.63, 3.8) is 0 Å². The van der Waals surface area contributed by atoms with Crippen molar-refractivity contribution in [1.82, 2.24) is 0 Å². The minimum atomic E-state index is 0.0360. The Bertz CT molecular complexity index is 457. The number of Topliss-reactive ketones (excluding diaryl/α,β-unsaturated/α-hetero) is 1. The fraction of sp³-hybridized carbons (Fsp3) is 0.500. The first kappa shape index (κ1) is 13.4. The smallest absolute Gasteiger partial charge is 0.166 e. The van der Waals surface area contributed by atoms with Crippen LogP contribution in [-0.2, 0) is 0 Å². The highest BCUT2D eigenvalue weighted by Gasteiger charge is 2.21. The number of carbonyl (C=O) groups is 1. The monoisotopic (exact) mass is 312 g/mol. The van der Waals surface area contributed by atoms with Gasteiger partial charge in [-0.2, -0.15) is 0 Å². The molecule has 0 bridgehead atoms. The predicted octanol–water partition coefficient (Wildman–Crippen LogP) is 3.84. The number of benzene rings is 1. The highest BCUT2D eigenvalue weighted by Crippen LogP contribution is 2.36. The highest BCUT2D eigenvalue weighted by atomic mass is 79.9. The van der Waals surface area contributed by atoms with Crippen LogP contribution in [0.3, 0.4) is 0 Å². The minimum Gasteiger partial charge on any atom is -0.486 e. The van der Waals surface area contributed by atoms with Crippen LogP contribution in [0.1, 0.15) is 37.0 Å². The topological polar surface area (TPSA) is 35.5 Å². The molecular weight excluding hydrogens is 296 g/mol.